The van der Waals surface area contributed by atoms with E-state index in [1.165, 1.54) is 11.8 Å². The number of aromatic hydroxyl groups is 1. The number of fused-ring (bicyclic) bond motifs is 1. The standard InChI is InChI=1S/C14H13N3O3S/c1-21-14-16-12-11(13(20)17-14)8(6-10(19)15-12)7-4-2-3-5-9(7)18/h2-5,8,18H,6H2,1H3,(H2,15,16,17,19,20)/t8-/m0/s1. The number of thioether (sulfide) groups is 1. The van der Waals surface area contributed by atoms with E-state index in [4.69, 9.17) is 0 Å². The van der Waals surface area contributed by atoms with E-state index in [9.17, 15) is 14.7 Å². The fourth-order valence-electron chi connectivity index (χ4n) is 2.50. The first-order valence-corrected chi connectivity index (χ1v) is 7.58. The van der Waals surface area contributed by atoms with Crippen molar-refractivity contribution in [2.45, 2.75) is 17.5 Å². The van der Waals surface area contributed by atoms with E-state index in [1.807, 2.05) is 0 Å². The third kappa shape index (κ3) is 2.40. The van der Waals surface area contributed by atoms with Gasteiger partial charge in [-0.1, -0.05) is 30.0 Å². The maximum Gasteiger partial charge on any atom is 0.257 e. The van der Waals surface area contributed by atoms with Crippen molar-refractivity contribution >= 4 is 23.5 Å². The van der Waals surface area contributed by atoms with Gasteiger partial charge in [0.1, 0.15) is 11.6 Å². The topological polar surface area (TPSA) is 95.1 Å². The van der Waals surface area contributed by atoms with Gasteiger partial charge in [0, 0.05) is 17.9 Å². The Morgan fingerprint density at radius 2 is 2.10 bits per heavy atom. The SMILES string of the molecule is CSc1nc2c(c(=O)[nH]1)[C@H](c1ccccc1O)CC(=O)N2. The zero-order chi connectivity index (χ0) is 15.0. The summed E-state index contributed by atoms with van der Waals surface area (Å²) >= 11 is 1.29. The molecule has 21 heavy (non-hydrogen) atoms. The van der Waals surface area contributed by atoms with E-state index < -0.39 is 5.92 Å². The second-order valence-electron chi connectivity index (χ2n) is 4.70. The van der Waals surface area contributed by atoms with Crippen LogP contribution in [0, 0.1) is 0 Å². The van der Waals surface area contributed by atoms with Gasteiger partial charge < -0.3 is 15.4 Å². The number of benzene rings is 1. The van der Waals surface area contributed by atoms with Crippen LogP contribution in [-0.2, 0) is 4.79 Å². The van der Waals surface area contributed by atoms with Gasteiger partial charge in [0.05, 0.1) is 5.56 Å². The number of phenolic OH excluding ortho intramolecular Hbond substituents is 1. The first kappa shape index (κ1) is 13.7. The number of rotatable bonds is 2. The van der Waals surface area contributed by atoms with Crippen molar-refractivity contribution in [1.29, 1.82) is 0 Å². The minimum Gasteiger partial charge on any atom is -0.508 e. The number of amides is 1. The molecule has 7 heteroatoms. The molecule has 3 rings (SSSR count). The molecule has 1 aromatic heterocycles. The molecule has 0 spiro atoms. The molecular weight excluding hydrogens is 290 g/mol. The summed E-state index contributed by atoms with van der Waals surface area (Å²) in [6, 6.07) is 6.71. The molecule has 1 atom stereocenters. The van der Waals surface area contributed by atoms with E-state index in [2.05, 4.69) is 15.3 Å². The molecule has 2 heterocycles. The van der Waals surface area contributed by atoms with E-state index in [1.54, 1.807) is 30.5 Å². The van der Waals surface area contributed by atoms with Crippen molar-refractivity contribution < 1.29 is 9.90 Å². The predicted octanol–water partition coefficient (Wildman–Crippen LogP) is 1.67. The van der Waals surface area contributed by atoms with Gasteiger partial charge in [0.2, 0.25) is 5.91 Å². The number of phenols is 1. The fourth-order valence-corrected chi connectivity index (χ4v) is 2.87. The highest BCUT2D eigenvalue weighted by atomic mass is 32.2. The quantitative estimate of drug-likeness (QED) is 0.579. The zero-order valence-corrected chi connectivity index (χ0v) is 12.0. The van der Waals surface area contributed by atoms with Gasteiger partial charge in [0.15, 0.2) is 5.16 Å². The van der Waals surface area contributed by atoms with Gasteiger partial charge in [-0.15, -0.1) is 0 Å². The number of nitrogens with one attached hydrogen (secondary N) is 2. The fraction of sp³-hybridized carbons (Fsp3) is 0.214. The lowest BCUT2D eigenvalue weighted by molar-refractivity contribution is -0.116. The van der Waals surface area contributed by atoms with Crippen LogP contribution in [0.1, 0.15) is 23.5 Å². The minimum atomic E-state index is -0.498. The van der Waals surface area contributed by atoms with Crippen molar-refractivity contribution in [2.24, 2.45) is 0 Å². The smallest absolute Gasteiger partial charge is 0.257 e. The third-order valence-corrected chi connectivity index (χ3v) is 4.01. The number of H-pyrrole nitrogens is 1. The van der Waals surface area contributed by atoms with Gasteiger partial charge in [-0.25, -0.2) is 4.98 Å². The van der Waals surface area contributed by atoms with Crippen molar-refractivity contribution in [3.05, 3.63) is 45.7 Å². The molecule has 0 saturated heterocycles. The van der Waals surface area contributed by atoms with Crippen molar-refractivity contribution in [3.63, 3.8) is 0 Å². The van der Waals surface area contributed by atoms with Crippen molar-refractivity contribution in [2.75, 3.05) is 11.6 Å². The molecule has 0 radical (unpaired) electrons. The second-order valence-corrected chi connectivity index (χ2v) is 5.50. The Balaban J connectivity index is 2.21. The monoisotopic (exact) mass is 303 g/mol. The number of para-hydroxylation sites is 1. The van der Waals surface area contributed by atoms with E-state index in [0.717, 1.165) is 0 Å². The lowest BCUT2D eigenvalue weighted by Crippen LogP contribution is -2.31. The highest BCUT2D eigenvalue weighted by Gasteiger charge is 2.32. The Labute approximate surface area is 124 Å². The molecule has 0 aliphatic carbocycles. The van der Waals surface area contributed by atoms with Crippen molar-refractivity contribution in [3.8, 4) is 5.75 Å². The van der Waals surface area contributed by atoms with Gasteiger partial charge in [-0.05, 0) is 12.3 Å². The Hall–Kier alpha value is -2.28. The van der Waals surface area contributed by atoms with Crippen molar-refractivity contribution in [1.82, 2.24) is 9.97 Å². The Kier molecular flexibility index (Phi) is 3.42. The number of hydrogen-bond acceptors (Lipinski definition) is 5. The molecule has 1 aliphatic heterocycles. The molecule has 1 aliphatic rings. The summed E-state index contributed by atoms with van der Waals surface area (Å²) in [6.45, 7) is 0. The van der Waals surface area contributed by atoms with Crippen LogP contribution in [0.3, 0.4) is 0 Å². The molecular formula is C14H13N3O3S. The molecule has 1 amide bonds. The number of carbonyl (C=O) groups is 1. The summed E-state index contributed by atoms with van der Waals surface area (Å²) in [5.41, 5.74) is 0.643. The maximum atomic E-state index is 12.3. The summed E-state index contributed by atoms with van der Waals surface area (Å²) in [6.07, 6.45) is 1.89. The average Bonchev–Trinajstić information content (AvgIpc) is 2.46. The predicted molar refractivity (Wildman–Crippen MR) is 79.8 cm³/mol. The Morgan fingerprint density at radius 1 is 1.33 bits per heavy atom. The number of carbonyl (C=O) groups excluding carboxylic acids is 1. The highest BCUT2D eigenvalue weighted by molar-refractivity contribution is 7.98. The zero-order valence-electron chi connectivity index (χ0n) is 11.2. The Morgan fingerprint density at radius 3 is 2.81 bits per heavy atom. The number of aromatic nitrogens is 2. The van der Waals surface area contributed by atoms with Gasteiger partial charge >= 0.3 is 0 Å². The molecule has 3 N–H and O–H groups in total. The average molecular weight is 303 g/mol. The van der Waals surface area contributed by atoms with Gasteiger partial charge in [-0.2, -0.15) is 0 Å². The number of hydrogen-bond donors (Lipinski definition) is 3. The summed E-state index contributed by atoms with van der Waals surface area (Å²) in [7, 11) is 0. The third-order valence-electron chi connectivity index (χ3n) is 3.43. The Bertz CT molecular complexity index is 772. The van der Waals surface area contributed by atoms with Crippen LogP contribution in [0.25, 0.3) is 0 Å². The van der Waals surface area contributed by atoms with E-state index in [-0.39, 0.29) is 29.5 Å². The van der Waals surface area contributed by atoms with Crippen LogP contribution >= 0.6 is 11.8 Å². The normalized spacial score (nSPS) is 17.2. The van der Waals surface area contributed by atoms with Gasteiger partial charge in [0.25, 0.3) is 5.56 Å². The van der Waals surface area contributed by atoms with Crippen LogP contribution in [0.5, 0.6) is 5.75 Å². The molecule has 0 bridgehead atoms. The van der Waals surface area contributed by atoms with Gasteiger partial charge in [-0.3, -0.25) is 9.59 Å². The molecule has 1 aromatic carbocycles. The number of aromatic amines is 1. The van der Waals surface area contributed by atoms with Crippen LogP contribution in [-0.4, -0.2) is 27.2 Å². The minimum absolute atomic E-state index is 0.0662. The lowest BCUT2D eigenvalue weighted by atomic mass is 9.86. The summed E-state index contributed by atoms with van der Waals surface area (Å²) in [5.74, 6) is -0.382. The largest absolute Gasteiger partial charge is 0.508 e. The molecule has 0 unspecified atom stereocenters. The maximum absolute atomic E-state index is 12.3. The molecule has 108 valence electrons. The highest BCUT2D eigenvalue weighted by Crippen LogP contribution is 2.37. The molecule has 0 fully saturated rings. The summed E-state index contributed by atoms with van der Waals surface area (Å²) in [4.78, 5) is 31.1. The number of nitrogens with zero attached hydrogens (tertiary/aromatic N) is 1. The van der Waals surface area contributed by atoms with E-state index in [0.29, 0.717) is 16.3 Å². The lowest BCUT2D eigenvalue weighted by Gasteiger charge is -2.24. The van der Waals surface area contributed by atoms with Crippen LogP contribution < -0.4 is 10.9 Å². The van der Waals surface area contributed by atoms with Crippen LogP contribution in [0.4, 0.5) is 5.82 Å². The summed E-state index contributed by atoms with van der Waals surface area (Å²) in [5, 5.41) is 13.1. The number of anilines is 1. The molecule has 0 saturated carbocycles. The molecule has 6 nitrogen and oxygen atoms in total. The van der Waals surface area contributed by atoms with Crippen LogP contribution in [0.15, 0.2) is 34.2 Å². The first-order valence-electron chi connectivity index (χ1n) is 6.36. The second kappa shape index (κ2) is 5.25. The molecule has 2 aromatic rings. The summed E-state index contributed by atoms with van der Waals surface area (Å²) < 4.78 is 0. The van der Waals surface area contributed by atoms with E-state index >= 15 is 0 Å². The van der Waals surface area contributed by atoms with Crippen LogP contribution in [0.2, 0.25) is 0 Å². The first-order chi connectivity index (χ1) is 10.1.